The molecule has 0 spiro atoms. The van der Waals surface area contributed by atoms with Crippen LogP contribution in [-0.4, -0.2) is 13.4 Å². The Bertz CT molecular complexity index is 805. The molecular weight excluding hydrogens is 286 g/mol. The average molecular weight is 296 g/mol. The van der Waals surface area contributed by atoms with Crippen molar-refractivity contribution in [2.24, 2.45) is 0 Å². The molecule has 7 heteroatoms. The van der Waals surface area contributed by atoms with Crippen molar-refractivity contribution < 1.29 is 8.42 Å². The number of hydrogen-bond donors (Lipinski definition) is 3. The summed E-state index contributed by atoms with van der Waals surface area (Å²) in [6.07, 6.45) is 4.71. The lowest BCUT2D eigenvalue weighted by atomic mass is 10.2. The monoisotopic (exact) mass is 295 g/mol. The molecule has 2 aromatic rings. The smallest absolute Gasteiger partial charge is 0.238 e. The molecule has 0 unspecified atom stereocenters. The lowest BCUT2D eigenvalue weighted by Gasteiger charge is -2.12. The number of nitrogens with one attached hydrogen (secondary N) is 3. The van der Waals surface area contributed by atoms with E-state index in [4.69, 9.17) is 11.6 Å². The van der Waals surface area contributed by atoms with Crippen LogP contribution in [0.5, 0.6) is 0 Å². The zero-order chi connectivity index (χ0) is 13.5. The van der Waals surface area contributed by atoms with Crippen LogP contribution < -0.4 is 10.9 Å². The van der Waals surface area contributed by atoms with E-state index in [1.165, 1.54) is 6.08 Å². The first kappa shape index (κ1) is 12.1. The number of H-pyrrole nitrogens is 1. The van der Waals surface area contributed by atoms with Crippen molar-refractivity contribution in [3.05, 3.63) is 52.7 Å². The standard InChI is InChI=1S/C12H10ClN3O2S/c13-9-3-4-10-8(6-9)7-12(15-10)19(17,18)11-2-1-5-14-16-11/h1-7,14-16H. The van der Waals surface area contributed by atoms with Crippen molar-refractivity contribution in [2.45, 2.75) is 5.03 Å². The van der Waals surface area contributed by atoms with Crippen LogP contribution in [0, 0.1) is 0 Å². The lowest BCUT2D eigenvalue weighted by Crippen LogP contribution is -2.32. The second kappa shape index (κ2) is 4.32. The molecule has 0 radical (unpaired) electrons. The normalized spacial score (nSPS) is 14.9. The topological polar surface area (TPSA) is 74.0 Å². The van der Waals surface area contributed by atoms with Crippen molar-refractivity contribution in [1.29, 1.82) is 0 Å². The molecule has 98 valence electrons. The van der Waals surface area contributed by atoms with Gasteiger partial charge in [0.25, 0.3) is 0 Å². The van der Waals surface area contributed by atoms with Crippen LogP contribution in [0.25, 0.3) is 10.9 Å². The first-order valence-electron chi connectivity index (χ1n) is 5.49. The molecule has 0 bridgehead atoms. The molecule has 1 aromatic carbocycles. The maximum Gasteiger partial charge on any atom is 0.238 e. The molecule has 19 heavy (non-hydrogen) atoms. The van der Waals surface area contributed by atoms with E-state index in [0.29, 0.717) is 5.02 Å². The van der Waals surface area contributed by atoms with E-state index in [2.05, 4.69) is 15.8 Å². The number of halogens is 1. The Labute approximate surface area is 114 Å². The maximum absolute atomic E-state index is 12.4. The predicted octanol–water partition coefficient (Wildman–Crippen LogP) is 2.06. The summed E-state index contributed by atoms with van der Waals surface area (Å²) in [6.45, 7) is 0. The van der Waals surface area contributed by atoms with Gasteiger partial charge in [-0.2, -0.15) is 0 Å². The summed E-state index contributed by atoms with van der Waals surface area (Å²) in [5.41, 5.74) is 5.97. The highest BCUT2D eigenvalue weighted by Crippen LogP contribution is 2.25. The van der Waals surface area contributed by atoms with Crippen LogP contribution in [0.4, 0.5) is 0 Å². The number of allylic oxidation sites excluding steroid dienone is 2. The van der Waals surface area contributed by atoms with Gasteiger partial charge in [-0.3, -0.25) is 5.43 Å². The van der Waals surface area contributed by atoms with Crippen LogP contribution in [0.1, 0.15) is 0 Å². The largest absolute Gasteiger partial charge is 0.345 e. The Morgan fingerprint density at radius 2 is 2.00 bits per heavy atom. The van der Waals surface area contributed by atoms with Crippen LogP contribution in [0.15, 0.2) is 52.7 Å². The number of hydrazine groups is 1. The minimum absolute atomic E-state index is 0.0904. The highest BCUT2D eigenvalue weighted by atomic mass is 35.5. The van der Waals surface area contributed by atoms with Crippen LogP contribution in [0.3, 0.4) is 0 Å². The van der Waals surface area contributed by atoms with E-state index in [9.17, 15) is 8.42 Å². The van der Waals surface area contributed by atoms with E-state index in [1.807, 2.05) is 0 Å². The van der Waals surface area contributed by atoms with Gasteiger partial charge < -0.3 is 10.4 Å². The molecule has 0 amide bonds. The number of fused-ring (bicyclic) bond motifs is 1. The minimum atomic E-state index is -3.60. The summed E-state index contributed by atoms with van der Waals surface area (Å²) in [6, 6.07) is 6.74. The zero-order valence-corrected chi connectivity index (χ0v) is 11.2. The number of aromatic nitrogens is 1. The second-order valence-corrected chi connectivity index (χ2v) is 6.35. The first-order chi connectivity index (χ1) is 9.07. The zero-order valence-electron chi connectivity index (χ0n) is 9.64. The van der Waals surface area contributed by atoms with Gasteiger partial charge >= 0.3 is 0 Å². The average Bonchev–Trinajstić information content (AvgIpc) is 2.83. The molecule has 5 nitrogen and oxygen atoms in total. The molecule has 0 saturated carbocycles. The van der Waals surface area contributed by atoms with Gasteiger partial charge in [-0.05, 0) is 36.4 Å². The van der Waals surface area contributed by atoms with E-state index in [-0.39, 0.29) is 10.1 Å². The molecule has 2 heterocycles. The third kappa shape index (κ3) is 2.09. The van der Waals surface area contributed by atoms with Crippen molar-refractivity contribution in [1.82, 2.24) is 15.8 Å². The first-order valence-corrected chi connectivity index (χ1v) is 7.35. The number of benzene rings is 1. The minimum Gasteiger partial charge on any atom is -0.345 e. The number of sulfone groups is 1. The van der Waals surface area contributed by atoms with Gasteiger partial charge in [0.1, 0.15) is 5.03 Å². The van der Waals surface area contributed by atoms with E-state index in [0.717, 1.165) is 10.9 Å². The molecule has 0 fully saturated rings. The highest BCUT2D eigenvalue weighted by molar-refractivity contribution is 7.95. The van der Waals surface area contributed by atoms with Gasteiger partial charge in [-0.15, -0.1) is 0 Å². The van der Waals surface area contributed by atoms with Crippen molar-refractivity contribution in [3.63, 3.8) is 0 Å². The van der Waals surface area contributed by atoms with Crippen molar-refractivity contribution in [3.8, 4) is 0 Å². The summed E-state index contributed by atoms with van der Waals surface area (Å²) in [5, 5.41) is 1.54. The summed E-state index contributed by atoms with van der Waals surface area (Å²) in [5.74, 6) is 0. The molecule has 0 atom stereocenters. The quantitative estimate of drug-likeness (QED) is 0.793. The summed E-state index contributed by atoms with van der Waals surface area (Å²) < 4.78 is 24.7. The summed E-state index contributed by atoms with van der Waals surface area (Å²) in [4.78, 5) is 2.88. The predicted molar refractivity (Wildman–Crippen MR) is 74.0 cm³/mol. The molecule has 0 saturated heterocycles. The van der Waals surface area contributed by atoms with Crippen molar-refractivity contribution in [2.75, 3.05) is 0 Å². The molecule has 0 aliphatic carbocycles. The van der Waals surface area contributed by atoms with Gasteiger partial charge in [-0.25, -0.2) is 8.42 Å². The Morgan fingerprint density at radius 3 is 2.74 bits per heavy atom. The van der Waals surface area contributed by atoms with Gasteiger partial charge in [0, 0.05) is 22.1 Å². The summed E-state index contributed by atoms with van der Waals surface area (Å²) in [7, 11) is -3.60. The Morgan fingerprint density at radius 1 is 1.16 bits per heavy atom. The molecule has 3 N–H and O–H groups in total. The molecular formula is C12H10ClN3O2S. The van der Waals surface area contributed by atoms with Crippen LogP contribution >= 0.6 is 11.6 Å². The Balaban J connectivity index is 2.13. The molecule has 1 aliphatic rings. The molecule has 1 aromatic heterocycles. The number of aromatic amines is 1. The second-order valence-electron chi connectivity index (χ2n) is 4.03. The lowest BCUT2D eigenvalue weighted by molar-refractivity contribution is 0.590. The third-order valence-electron chi connectivity index (χ3n) is 2.76. The van der Waals surface area contributed by atoms with Crippen LogP contribution in [0.2, 0.25) is 5.02 Å². The van der Waals surface area contributed by atoms with Crippen LogP contribution in [-0.2, 0) is 9.84 Å². The van der Waals surface area contributed by atoms with Gasteiger partial charge in [0.2, 0.25) is 9.84 Å². The van der Waals surface area contributed by atoms with Gasteiger partial charge in [0.15, 0.2) is 5.03 Å². The number of rotatable bonds is 2. The molecule has 3 rings (SSSR count). The Kier molecular flexibility index (Phi) is 2.76. The SMILES string of the molecule is O=S(=O)(C1=CC=CNN1)c1cc2cc(Cl)ccc2[nH]1. The van der Waals surface area contributed by atoms with Crippen molar-refractivity contribution >= 4 is 32.3 Å². The van der Waals surface area contributed by atoms with Gasteiger partial charge in [0.05, 0.1) is 0 Å². The summed E-state index contributed by atoms with van der Waals surface area (Å²) >= 11 is 5.88. The fourth-order valence-corrected chi connectivity index (χ4v) is 3.23. The maximum atomic E-state index is 12.4. The fraction of sp³-hybridized carbons (Fsp3) is 0. The Hall–Kier alpha value is -1.92. The fourth-order valence-electron chi connectivity index (χ4n) is 1.83. The van der Waals surface area contributed by atoms with Gasteiger partial charge in [-0.1, -0.05) is 11.6 Å². The van der Waals surface area contributed by atoms with E-state index in [1.54, 1.807) is 36.5 Å². The molecule has 1 aliphatic heterocycles. The van der Waals surface area contributed by atoms with E-state index >= 15 is 0 Å². The number of hydrogen-bond acceptors (Lipinski definition) is 4. The third-order valence-corrected chi connectivity index (χ3v) is 4.61. The highest BCUT2D eigenvalue weighted by Gasteiger charge is 2.23. The van der Waals surface area contributed by atoms with E-state index < -0.39 is 9.84 Å².